The summed E-state index contributed by atoms with van der Waals surface area (Å²) in [5.41, 5.74) is 12.6. The van der Waals surface area contributed by atoms with Crippen LogP contribution in [0.2, 0.25) is 0 Å². The van der Waals surface area contributed by atoms with Crippen molar-refractivity contribution in [1.29, 1.82) is 0 Å². The molecule has 0 radical (unpaired) electrons. The molecule has 0 bridgehead atoms. The molecule has 0 N–H and O–H groups in total. The summed E-state index contributed by atoms with van der Waals surface area (Å²) in [5.74, 6) is 0.996. The van der Waals surface area contributed by atoms with E-state index in [9.17, 15) is 0 Å². The van der Waals surface area contributed by atoms with Crippen LogP contribution >= 0.6 is 0 Å². The number of allylic oxidation sites excluding steroid dienone is 1. The zero-order chi connectivity index (χ0) is 31.9. The van der Waals surface area contributed by atoms with E-state index in [4.69, 9.17) is 4.42 Å². The van der Waals surface area contributed by atoms with Crippen LogP contribution in [0.1, 0.15) is 17.7 Å². The molecule has 228 valence electrons. The summed E-state index contributed by atoms with van der Waals surface area (Å²) in [7, 11) is 0. The molecule has 0 fully saturated rings. The molecule has 1 heterocycles. The van der Waals surface area contributed by atoms with Crippen molar-refractivity contribution in [3.8, 4) is 33.4 Å². The number of anilines is 3. The monoisotopic (exact) mass is 615 g/mol. The Balaban J connectivity index is 1.15. The lowest BCUT2D eigenvalue weighted by Crippen LogP contribution is -2.10. The van der Waals surface area contributed by atoms with Crippen molar-refractivity contribution < 1.29 is 4.42 Å². The molecule has 1 aromatic heterocycles. The second-order valence-electron chi connectivity index (χ2n) is 12.5. The summed E-state index contributed by atoms with van der Waals surface area (Å²) >= 11 is 0. The molecule has 0 atom stereocenters. The summed E-state index contributed by atoms with van der Waals surface area (Å²) in [6.45, 7) is 0. The number of hydrogen-bond acceptors (Lipinski definition) is 2. The average Bonchev–Trinajstić information content (AvgIpc) is 3.55. The van der Waals surface area contributed by atoms with Crippen LogP contribution in [0, 0.1) is 0 Å². The number of benzene rings is 7. The number of fused-ring (bicyclic) bond motifs is 4. The third-order valence-corrected chi connectivity index (χ3v) is 9.51. The van der Waals surface area contributed by atoms with Gasteiger partial charge in [-0.15, -0.1) is 0 Å². The van der Waals surface area contributed by atoms with Crippen LogP contribution in [-0.4, -0.2) is 0 Å². The molecule has 1 aliphatic carbocycles. The Bertz CT molecular complexity index is 2450. The number of para-hydroxylation sites is 1. The minimum Gasteiger partial charge on any atom is -0.456 e. The number of nitrogens with zero attached hydrogens (tertiary/aromatic N) is 1. The molecule has 2 nitrogen and oxygen atoms in total. The molecule has 2 heteroatoms. The highest BCUT2D eigenvalue weighted by atomic mass is 16.3. The molecule has 7 aromatic carbocycles. The van der Waals surface area contributed by atoms with Crippen molar-refractivity contribution in [2.75, 3.05) is 4.90 Å². The standard InChI is InChI=1S/C46H33NO/c1-2-11-32(12-3-1)36-15-8-17-40(30-36)47(41-18-9-16-37(31-41)38-24-23-33-13-4-5-14-35(33)29-38)39-27-25-34(26-28-39)42-20-10-21-44-43-19-6-7-22-45(43)48-46(42)44/h1-5,7-18,20-31H,6,19H2. The Labute approximate surface area is 280 Å². The first-order valence-electron chi connectivity index (χ1n) is 16.6. The van der Waals surface area contributed by atoms with E-state index in [1.807, 2.05) is 0 Å². The minimum absolute atomic E-state index is 0.970. The molecular formula is C46H33NO. The number of hydrogen-bond donors (Lipinski definition) is 0. The van der Waals surface area contributed by atoms with Crippen molar-refractivity contribution >= 4 is 44.9 Å². The Morgan fingerprint density at radius 2 is 1.10 bits per heavy atom. The van der Waals surface area contributed by atoms with Crippen LogP contribution in [0.4, 0.5) is 17.1 Å². The van der Waals surface area contributed by atoms with E-state index in [-0.39, 0.29) is 0 Å². The van der Waals surface area contributed by atoms with Gasteiger partial charge in [-0.05, 0) is 100.0 Å². The fourth-order valence-corrected chi connectivity index (χ4v) is 7.11. The lowest BCUT2D eigenvalue weighted by atomic mass is 9.97. The molecule has 0 aliphatic heterocycles. The van der Waals surface area contributed by atoms with Gasteiger partial charge in [0.15, 0.2) is 0 Å². The lowest BCUT2D eigenvalue weighted by Gasteiger charge is -2.27. The number of rotatable bonds is 6. The van der Waals surface area contributed by atoms with Crippen molar-refractivity contribution in [3.05, 3.63) is 181 Å². The van der Waals surface area contributed by atoms with Crippen molar-refractivity contribution in [1.82, 2.24) is 0 Å². The second-order valence-corrected chi connectivity index (χ2v) is 12.5. The summed E-state index contributed by atoms with van der Waals surface area (Å²) in [6.07, 6.45) is 6.41. The van der Waals surface area contributed by atoms with Crippen LogP contribution in [0.25, 0.3) is 61.2 Å². The smallest absolute Gasteiger partial charge is 0.142 e. The predicted molar refractivity (Wildman–Crippen MR) is 202 cm³/mol. The average molecular weight is 616 g/mol. The fraction of sp³-hybridized carbons (Fsp3) is 0.0435. The minimum atomic E-state index is 0.970. The summed E-state index contributed by atoms with van der Waals surface area (Å²) < 4.78 is 6.43. The first kappa shape index (κ1) is 28.1. The maximum absolute atomic E-state index is 6.43. The Hall–Kier alpha value is -6.12. The van der Waals surface area contributed by atoms with Crippen molar-refractivity contribution in [3.63, 3.8) is 0 Å². The Kier molecular flexibility index (Phi) is 6.98. The van der Waals surface area contributed by atoms with Gasteiger partial charge >= 0.3 is 0 Å². The van der Waals surface area contributed by atoms with E-state index < -0.39 is 0 Å². The third kappa shape index (κ3) is 5.09. The maximum Gasteiger partial charge on any atom is 0.142 e. The summed E-state index contributed by atoms with van der Waals surface area (Å²) in [6, 6.07) is 59.0. The highest BCUT2D eigenvalue weighted by Crippen LogP contribution is 2.41. The molecule has 0 saturated heterocycles. The lowest BCUT2D eigenvalue weighted by molar-refractivity contribution is 0.596. The topological polar surface area (TPSA) is 16.4 Å². The van der Waals surface area contributed by atoms with E-state index in [1.165, 1.54) is 44.0 Å². The molecule has 9 rings (SSSR count). The van der Waals surface area contributed by atoms with Crippen LogP contribution in [0.3, 0.4) is 0 Å². The molecule has 48 heavy (non-hydrogen) atoms. The highest BCUT2D eigenvalue weighted by Gasteiger charge is 2.19. The van der Waals surface area contributed by atoms with Crippen LogP contribution < -0.4 is 4.90 Å². The zero-order valence-electron chi connectivity index (χ0n) is 26.5. The van der Waals surface area contributed by atoms with Gasteiger partial charge in [-0.3, -0.25) is 0 Å². The Morgan fingerprint density at radius 3 is 1.90 bits per heavy atom. The van der Waals surface area contributed by atoms with Gasteiger partial charge in [0.25, 0.3) is 0 Å². The van der Waals surface area contributed by atoms with E-state index in [0.717, 1.165) is 52.4 Å². The third-order valence-electron chi connectivity index (χ3n) is 9.51. The zero-order valence-corrected chi connectivity index (χ0v) is 26.5. The first-order valence-corrected chi connectivity index (χ1v) is 16.6. The molecule has 0 unspecified atom stereocenters. The van der Waals surface area contributed by atoms with Crippen LogP contribution in [0.15, 0.2) is 174 Å². The van der Waals surface area contributed by atoms with Crippen LogP contribution in [-0.2, 0) is 6.42 Å². The normalized spacial score (nSPS) is 12.3. The van der Waals surface area contributed by atoms with Gasteiger partial charge < -0.3 is 9.32 Å². The van der Waals surface area contributed by atoms with Gasteiger partial charge in [-0.25, -0.2) is 0 Å². The van der Waals surface area contributed by atoms with Gasteiger partial charge in [0.1, 0.15) is 11.3 Å². The van der Waals surface area contributed by atoms with E-state index in [1.54, 1.807) is 0 Å². The molecule has 0 amide bonds. The first-order chi connectivity index (χ1) is 23.8. The van der Waals surface area contributed by atoms with E-state index in [0.29, 0.717) is 0 Å². The highest BCUT2D eigenvalue weighted by molar-refractivity contribution is 5.97. The Morgan fingerprint density at radius 1 is 0.458 bits per heavy atom. The predicted octanol–water partition coefficient (Wildman–Crippen LogP) is 13.0. The molecule has 1 aliphatic rings. The van der Waals surface area contributed by atoms with Gasteiger partial charge in [-0.1, -0.05) is 127 Å². The molecule has 8 aromatic rings. The maximum atomic E-state index is 6.43. The summed E-state index contributed by atoms with van der Waals surface area (Å²) in [5, 5.41) is 3.71. The quantitative estimate of drug-likeness (QED) is 0.185. The van der Waals surface area contributed by atoms with Crippen LogP contribution in [0.5, 0.6) is 0 Å². The van der Waals surface area contributed by atoms with Gasteiger partial charge in [0, 0.05) is 33.6 Å². The van der Waals surface area contributed by atoms with Crippen molar-refractivity contribution in [2.24, 2.45) is 0 Å². The fourth-order valence-electron chi connectivity index (χ4n) is 7.11. The number of aryl methyl sites for hydroxylation is 1. The van der Waals surface area contributed by atoms with Gasteiger partial charge in [0.05, 0.1) is 0 Å². The summed E-state index contributed by atoms with van der Waals surface area (Å²) in [4.78, 5) is 2.36. The number of furan rings is 1. The SMILES string of the molecule is C1=Cc2oc3c(-c4ccc(N(c5cccc(-c6ccccc6)c5)c5cccc(-c6ccc7ccccc7c6)c5)cc4)cccc3c2CC1. The van der Waals surface area contributed by atoms with Gasteiger partial charge in [-0.2, -0.15) is 0 Å². The second kappa shape index (κ2) is 11.9. The largest absolute Gasteiger partial charge is 0.456 e. The van der Waals surface area contributed by atoms with Gasteiger partial charge in [0.2, 0.25) is 0 Å². The molecular weight excluding hydrogens is 583 g/mol. The van der Waals surface area contributed by atoms with E-state index >= 15 is 0 Å². The molecule has 0 saturated carbocycles. The van der Waals surface area contributed by atoms with Crippen molar-refractivity contribution in [2.45, 2.75) is 12.8 Å². The molecule has 0 spiro atoms. The van der Waals surface area contributed by atoms with E-state index in [2.05, 4.69) is 181 Å².